The number of benzene rings is 2. The van der Waals surface area contributed by atoms with Gasteiger partial charge in [-0.3, -0.25) is 19.8 Å². The molecule has 34 heavy (non-hydrogen) atoms. The van der Waals surface area contributed by atoms with Gasteiger partial charge >= 0.3 is 6.03 Å². The predicted octanol–water partition coefficient (Wildman–Crippen LogP) is 1.65. The molecule has 9 nitrogen and oxygen atoms in total. The van der Waals surface area contributed by atoms with E-state index in [0.29, 0.717) is 30.2 Å². The first-order chi connectivity index (χ1) is 16.4. The molecule has 1 N–H and O–H groups in total. The van der Waals surface area contributed by atoms with Crippen LogP contribution in [0.5, 0.6) is 11.5 Å². The highest BCUT2D eigenvalue weighted by Crippen LogP contribution is 2.45. The molecule has 1 spiro atoms. The molecular formula is C25H28N4O5. The van der Waals surface area contributed by atoms with Crippen molar-refractivity contribution in [2.75, 3.05) is 45.8 Å². The number of hydrogen-bond acceptors (Lipinski definition) is 7. The number of imide groups is 2. The van der Waals surface area contributed by atoms with Gasteiger partial charge < -0.3 is 19.3 Å². The SMILES string of the molecule is COc1cc(CN2C(=O)NC(=O)[C@@]3(Cc4ccccc4N4CCN(C)C[C@@H]43)C2=O)cc(OC)c1. The van der Waals surface area contributed by atoms with Crippen LogP contribution in [0.15, 0.2) is 42.5 Å². The lowest BCUT2D eigenvalue weighted by Gasteiger charge is -2.55. The van der Waals surface area contributed by atoms with E-state index in [9.17, 15) is 14.4 Å². The summed E-state index contributed by atoms with van der Waals surface area (Å²) < 4.78 is 10.7. The van der Waals surface area contributed by atoms with Crippen LogP contribution < -0.4 is 19.7 Å². The number of piperazine rings is 1. The van der Waals surface area contributed by atoms with Crippen LogP contribution in [0.2, 0.25) is 0 Å². The molecule has 3 aliphatic rings. The monoisotopic (exact) mass is 464 g/mol. The third kappa shape index (κ3) is 3.38. The van der Waals surface area contributed by atoms with Crippen molar-refractivity contribution in [1.29, 1.82) is 0 Å². The molecule has 9 heteroatoms. The minimum Gasteiger partial charge on any atom is -0.497 e. The number of likely N-dealkylation sites (N-methyl/N-ethyl adjacent to an activating group) is 1. The molecular weight excluding hydrogens is 436 g/mol. The second-order valence-corrected chi connectivity index (χ2v) is 9.12. The normalized spacial score (nSPS) is 24.6. The van der Waals surface area contributed by atoms with Crippen molar-refractivity contribution in [3.8, 4) is 11.5 Å². The van der Waals surface area contributed by atoms with Crippen LogP contribution in [0.1, 0.15) is 11.1 Å². The zero-order valence-electron chi connectivity index (χ0n) is 19.5. The molecule has 2 fully saturated rings. The Hall–Kier alpha value is -3.59. The van der Waals surface area contributed by atoms with Crippen molar-refractivity contribution in [2.24, 2.45) is 5.41 Å². The number of ether oxygens (including phenoxy) is 2. The zero-order chi connectivity index (χ0) is 24.0. The van der Waals surface area contributed by atoms with Crippen LogP contribution in [0, 0.1) is 5.41 Å². The summed E-state index contributed by atoms with van der Waals surface area (Å²) in [4.78, 5) is 46.0. The number of amides is 4. The van der Waals surface area contributed by atoms with Crippen molar-refractivity contribution in [3.63, 3.8) is 0 Å². The minimum atomic E-state index is -1.40. The highest BCUT2D eigenvalue weighted by Gasteiger charge is 2.62. The molecule has 3 aliphatic heterocycles. The molecule has 0 bridgehead atoms. The number of para-hydroxylation sites is 1. The van der Waals surface area contributed by atoms with Crippen LogP contribution in [0.4, 0.5) is 10.5 Å². The van der Waals surface area contributed by atoms with Gasteiger partial charge in [-0.15, -0.1) is 0 Å². The Balaban J connectivity index is 1.57. The van der Waals surface area contributed by atoms with Crippen LogP contribution in [-0.4, -0.2) is 74.6 Å². The number of anilines is 1. The number of urea groups is 1. The summed E-state index contributed by atoms with van der Waals surface area (Å²) in [5.74, 6) is 0.109. The fourth-order valence-corrected chi connectivity index (χ4v) is 5.43. The summed E-state index contributed by atoms with van der Waals surface area (Å²) in [6.07, 6.45) is 0.244. The molecule has 2 saturated heterocycles. The standard InChI is InChI=1S/C25H28N4O5/c1-27-8-9-28-20-7-5-4-6-17(20)13-25(21(28)15-27)22(30)26-24(32)29(23(25)31)14-16-10-18(33-2)12-19(11-16)34-3/h4-7,10-12,21H,8-9,13-15H2,1-3H3,(H,26,30,32)/t21-,25+/m1/s1. The molecule has 2 aromatic carbocycles. The van der Waals surface area contributed by atoms with Gasteiger partial charge in [0.05, 0.1) is 26.8 Å². The number of nitrogens with one attached hydrogen (secondary N) is 1. The minimum absolute atomic E-state index is 0.00252. The molecule has 0 saturated carbocycles. The summed E-state index contributed by atoms with van der Waals surface area (Å²) >= 11 is 0. The van der Waals surface area contributed by atoms with Crippen molar-refractivity contribution in [1.82, 2.24) is 15.1 Å². The molecule has 178 valence electrons. The molecule has 4 amide bonds. The van der Waals surface area contributed by atoms with Gasteiger partial charge in [-0.25, -0.2) is 4.79 Å². The lowest BCUT2D eigenvalue weighted by atomic mass is 9.67. The van der Waals surface area contributed by atoms with Crippen LogP contribution in [0.25, 0.3) is 0 Å². The molecule has 5 rings (SSSR count). The molecule has 0 aromatic heterocycles. The molecule has 0 aliphatic carbocycles. The van der Waals surface area contributed by atoms with Gasteiger partial charge in [0.2, 0.25) is 11.8 Å². The number of hydrogen-bond donors (Lipinski definition) is 1. The average Bonchev–Trinajstić information content (AvgIpc) is 2.84. The van der Waals surface area contributed by atoms with Crippen LogP contribution in [-0.2, 0) is 22.6 Å². The van der Waals surface area contributed by atoms with Crippen LogP contribution >= 0.6 is 0 Å². The number of carbonyl (C=O) groups is 3. The fourth-order valence-electron chi connectivity index (χ4n) is 5.43. The Morgan fingerprint density at radius 2 is 1.74 bits per heavy atom. The lowest BCUT2D eigenvalue weighted by Crippen LogP contribution is -2.74. The van der Waals surface area contributed by atoms with Gasteiger partial charge in [0, 0.05) is 31.4 Å². The van der Waals surface area contributed by atoms with E-state index in [-0.39, 0.29) is 19.0 Å². The molecule has 0 radical (unpaired) electrons. The Labute approximate surface area is 198 Å². The van der Waals surface area contributed by atoms with Crippen molar-refractivity contribution >= 4 is 23.5 Å². The number of rotatable bonds is 4. The summed E-state index contributed by atoms with van der Waals surface area (Å²) in [5.41, 5.74) is 1.25. The highest BCUT2D eigenvalue weighted by molar-refractivity contribution is 6.20. The second-order valence-electron chi connectivity index (χ2n) is 9.12. The van der Waals surface area contributed by atoms with E-state index < -0.39 is 23.3 Å². The van der Waals surface area contributed by atoms with E-state index >= 15 is 0 Å². The number of carbonyl (C=O) groups excluding carboxylic acids is 3. The van der Waals surface area contributed by atoms with Gasteiger partial charge in [0.25, 0.3) is 0 Å². The predicted molar refractivity (Wildman–Crippen MR) is 125 cm³/mol. The first-order valence-electron chi connectivity index (χ1n) is 11.3. The average molecular weight is 465 g/mol. The van der Waals surface area contributed by atoms with Crippen molar-refractivity contribution in [3.05, 3.63) is 53.6 Å². The third-order valence-electron chi connectivity index (χ3n) is 7.17. The lowest BCUT2D eigenvalue weighted by molar-refractivity contribution is -0.154. The maximum Gasteiger partial charge on any atom is 0.331 e. The molecule has 2 atom stereocenters. The number of methoxy groups -OCH3 is 2. The van der Waals surface area contributed by atoms with Gasteiger partial charge in [-0.05, 0) is 42.8 Å². The summed E-state index contributed by atoms with van der Waals surface area (Å²) in [6.45, 7) is 2.06. The highest BCUT2D eigenvalue weighted by atomic mass is 16.5. The summed E-state index contributed by atoms with van der Waals surface area (Å²) in [6, 6.07) is 12.0. The quantitative estimate of drug-likeness (QED) is 0.688. The number of nitrogens with zero attached hydrogens (tertiary/aromatic N) is 3. The number of fused-ring (bicyclic) bond motifs is 4. The smallest absolute Gasteiger partial charge is 0.331 e. The fraction of sp³-hybridized carbons (Fsp3) is 0.400. The summed E-state index contributed by atoms with van der Waals surface area (Å²) in [5, 5.41) is 2.50. The van der Waals surface area contributed by atoms with E-state index in [1.807, 2.05) is 31.3 Å². The molecule has 0 unspecified atom stereocenters. The van der Waals surface area contributed by atoms with E-state index in [1.165, 1.54) is 0 Å². The van der Waals surface area contributed by atoms with Gasteiger partial charge in [-0.1, -0.05) is 18.2 Å². The Morgan fingerprint density at radius 1 is 1.03 bits per heavy atom. The van der Waals surface area contributed by atoms with Crippen molar-refractivity contribution in [2.45, 2.75) is 19.0 Å². The van der Waals surface area contributed by atoms with Crippen LogP contribution in [0.3, 0.4) is 0 Å². The maximum atomic E-state index is 14.1. The first kappa shape index (κ1) is 22.2. The van der Waals surface area contributed by atoms with Crippen molar-refractivity contribution < 1.29 is 23.9 Å². The van der Waals surface area contributed by atoms with Gasteiger partial charge in [0.1, 0.15) is 11.5 Å². The molecule has 2 aromatic rings. The number of barbiturate groups is 1. The van der Waals surface area contributed by atoms with E-state index in [1.54, 1.807) is 32.4 Å². The third-order valence-corrected chi connectivity index (χ3v) is 7.17. The zero-order valence-corrected chi connectivity index (χ0v) is 19.5. The second kappa shape index (κ2) is 8.32. The largest absolute Gasteiger partial charge is 0.497 e. The Kier molecular flexibility index (Phi) is 5.44. The maximum absolute atomic E-state index is 14.1. The van der Waals surface area contributed by atoms with E-state index in [4.69, 9.17) is 9.47 Å². The van der Waals surface area contributed by atoms with E-state index in [2.05, 4.69) is 15.1 Å². The van der Waals surface area contributed by atoms with E-state index in [0.717, 1.165) is 22.7 Å². The topological polar surface area (TPSA) is 91.4 Å². The molecule has 3 heterocycles. The first-order valence-corrected chi connectivity index (χ1v) is 11.3. The Morgan fingerprint density at radius 3 is 2.44 bits per heavy atom. The summed E-state index contributed by atoms with van der Waals surface area (Å²) in [7, 11) is 5.07. The van der Waals surface area contributed by atoms with Gasteiger partial charge in [0.15, 0.2) is 5.41 Å². The Bertz CT molecular complexity index is 1150. The van der Waals surface area contributed by atoms with Gasteiger partial charge in [-0.2, -0.15) is 0 Å².